The van der Waals surface area contributed by atoms with Crippen molar-refractivity contribution in [3.8, 4) is 0 Å². The molecule has 0 saturated heterocycles. The zero-order valence-corrected chi connectivity index (χ0v) is 17.9. The average molecular weight is 397 g/mol. The highest BCUT2D eigenvalue weighted by atomic mass is 16.2. The number of benzene rings is 1. The topological polar surface area (TPSA) is 58.4 Å². The number of fused-ring (bicyclic) bond motifs is 1. The highest BCUT2D eigenvalue weighted by Crippen LogP contribution is 2.25. The smallest absolute Gasteiger partial charge is 0.294 e. The molecule has 1 aromatic heterocycles. The van der Waals surface area contributed by atoms with E-state index in [0.717, 1.165) is 50.0 Å². The van der Waals surface area contributed by atoms with Crippen molar-refractivity contribution in [1.29, 1.82) is 0 Å². The van der Waals surface area contributed by atoms with Crippen molar-refractivity contribution in [3.05, 3.63) is 47.5 Å². The van der Waals surface area contributed by atoms with Crippen LogP contribution < -0.4 is 4.90 Å². The number of carbonyl (C=O) groups is 2. The van der Waals surface area contributed by atoms with Crippen LogP contribution in [0.25, 0.3) is 0 Å². The Morgan fingerprint density at radius 3 is 2.31 bits per heavy atom. The SMILES string of the molecule is CCCN(CCC)C(=O)c1nc(C(=O)N(CC)c2ccccc2)n2c1CCCC2. The molecule has 1 aromatic carbocycles. The number of anilines is 1. The van der Waals surface area contributed by atoms with Crippen LogP contribution in [0, 0.1) is 0 Å². The third-order valence-electron chi connectivity index (χ3n) is 5.42. The van der Waals surface area contributed by atoms with Crippen molar-refractivity contribution >= 4 is 17.5 Å². The van der Waals surface area contributed by atoms with Gasteiger partial charge in [0, 0.05) is 31.9 Å². The van der Waals surface area contributed by atoms with Gasteiger partial charge in [0.25, 0.3) is 11.8 Å². The first-order valence-corrected chi connectivity index (χ1v) is 10.9. The molecule has 0 bridgehead atoms. The van der Waals surface area contributed by atoms with Crippen molar-refractivity contribution < 1.29 is 9.59 Å². The Morgan fingerprint density at radius 1 is 1.00 bits per heavy atom. The maximum atomic E-state index is 13.4. The number of nitrogens with zero attached hydrogens (tertiary/aromatic N) is 4. The Kier molecular flexibility index (Phi) is 7.07. The largest absolute Gasteiger partial charge is 0.337 e. The van der Waals surface area contributed by atoms with Crippen molar-refractivity contribution in [1.82, 2.24) is 14.5 Å². The highest BCUT2D eigenvalue weighted by molar-refractivity contribution is 6.05. The van der Waals surface area contributed by atoms with Gasteiger partial charge in [-0.25, -0.2) is 4.98 Å². The number of rotatable bonds is 8. The molecule has 156 valence electrons. The number of hydrogen-bond acceptors (Lipinski definition) is 3. The Balaban J connectivity index is 2.00. The molecule has 0 atom stereocenters. The first-order chi connectivity index (χ1) is 14.1. The minimum atomic E-state index is -0.140. The van der Waals surface area contributed by atoms with Crippen LogP contribution >= 0.6 is 0 Å². The van der Waals surface area contributed by atoms with Crippen molar-refractivity contribution in [2.75, 3.05) is 24.5 Å². The second kappa shape index (κ2) is 9.72. The van der Waals surface area contributed by atoms with Gasteiger partial charge in [0.2, 0.25) is 5.82 Å². The van der Waals surface area contributed by atoms with Crippen LogP contribution in [0.2, 0.25) is 0 Å². The standard InChI is InChI=1S/C23H32N4O2/c1-4-15-25(16-5-2)22(28)20-19-14-10-11-17-27(19)21(24-20)23(29)26(6-3)18-12-8-7-9-13-18/h7-9,12-13H,4-6,10-11,14-17H2,1-3H3. The highest BCUT2D eigenvalue weighted by Gasteiger charge is 2.31. The summed E-state index contributed by atoms with van der Waals surface area (Å²) in [5, 5.41) is 0. The summed E-state index contributed by atoms with van der Waals surface area (Å²) in [4.78, 5) is 34.9. The molecule has 3 rings (SSSR count). The predicted molar refractivity (Wildman–Crippen MR) is 115 cm³/mol. The van der Waals surface area contributed by atoms with Gasteiger partial charge in [-0.1, -0.05) is 32.0 Å². The Morgan fingerprint density at radius 2 is 1.69 bits per heavy atom. The van der Waals surface area contributed by atoms with Gasteiger partial charge in [0.1, 0.15) is 5.69 Å². The lowest BCUT2D eigenvalue weighted by Crippen LogP contribution is -2.34. The summed E-state index contributed by atoms with van der Waals surface area (Å²) in [6.07, 6.45) is 4.64. The lowest BCUT2D eigenvalue weighted by Gasteiger charge is -2.23. The van der Waals surface area contributed by atoms with Gasteiger partial charge in [-0.05, 0) is 51.2 Å². The monoisotopic (exact) mass is 396 g/mol. The van der Waals surface area contributed by atoms with E-state index in [1.807, 2.05) is 46.7 Å². The minimum absolute atomic E-state index is 0.0406. The van der Waals surface area contributed by atoms with Gasteiger partial charge in [0.05, 0.1) is 5.69 Å². The summed E-state index contributed by atoms with van der Waals surface area (Å²) in [5.74, 6) is 0.210. The summed E-state index contributed by atoms with van der Waals surface area (Å²) in [5.41, 5.74) is 2.24. The van der Waals surface area contributed by atoms with Gasteiger partial charge in [-0.3, -0.25) is 9.59 Å². The summed E-state index contributed by atoms with van der Waals surface area (Å²) in [7, 11) is 0. The van der Waals surface area contributed by atoms with Crippen LogP contribution in [-0.4, -0.2) is 45.9 Å². The van der Waals surface area contributed by atoms with Crippen molar-refractivity contribution in [2.45, 2.75) is 59.4 Å². The summed E-state index contributed by atoms with van der Waals surface area (Å²) in [6.45, 7) is 8.83. The molecule has 1 aliphatic rings. The van der Waals surface area contributed by atoms with E-state index >= 15 is 0 Å². The molecule has 2 aromatic rings. The Labute approximate surface area is 173 Å². The van der Waals surface area contributed by atoms with Crippen LogP contribution in [0.1, 0.15) is 73.3 Å². The number of para-hydroxylation sites is 1. The van der Waals surface area contributed by atoms with Gasteiger partial charge in [-0.2, -0.15) is 0 Å². The predicted octanol–water partition coefficient (Wildman–Crippen LogP) is 4.15. The van der Waals surface area contributed by atoms with Crippen molar-refractivity contribution in [2.24, 2.45) is 0 Å². The molecule has 1 aliphatic heterocycles. The van der Waals surface area contributed by atoms with Crippen molar-refractivity contribution in [3.63, 3.8) is 0 Å². The van der Waals surface area contributed by atoms with E-state index in [1.54, 1.807) is 4.90 Å². The number of hydrogen-bond donors (Lipinski definition) is 0. The van der Waals surface area contributed by atoms with Crippen LogP contribution in [0.4, 0.5) is 5.69 Å². The lowest BCUT2D eigenvalue weighted by molar-refractivity contribution is 0.0748. The molecule has 0 N–H and O–H groups in total. The number of imidazole rings is 1. The molecule has 2 amide bonds. The van der Waals surface area contributed by atoms with E-state index in [9.17, 15) is 9.59 Å². The molecule has 0 fully saturated rings. The molecule has 29 heavy (non-hydrogen) atoms. The minimum Gasteiger partial charge on any atom is -0.337 e. The zero-order valence-electron chi connectivity index (χ0n) is 17.9. The summed E-state index contributed by atoms with van der Waals surface area (Å²) >= 11 is 0. The molecule has 6 nitrogen and oxygen atoms in total. The van der Waals surface area contributed by atoms with E-state index in [1.165, 1.54) is 0 Å². The van der Waals surface area contributed by atoms with Gasteiger partial charge < -0.3 is 14.4 Å². The second-order valence-electron chi connectivity index (χ2n) is 7.52. The molecular weight excluding hydrogens is 364 g/mol. The molecule has 0 aliphatic carbocycles. The fourth-order valence-corrected chi connectivity index (χ4v) is 4.05. The number of aromatic nitrogens is 2. The van der Waals surface area contributed by atoms with Gasteiger partial charge in [0.15, 0.2) is 0 Å². The van der Waals surface area contributed by atoms with E-state index in [0.29, 0.717) is 31.2 Å². The Bertz CT molecular complexity index is 838. The Hall–Kier alpha value is -2.63. The van der Waals surface area contributed by atoms with Gasteiger partial charge >= 0.3 is 0 Å². The molecule has 2 heterocycles. The maximum absolute atomic E-state index is 13.4. The molecule has 0 saturated carbocycles. The van der Waals surface area contributed by atoms with Crippen LogP contribution in [0.15, 0.2) is 30.3 Å². The quantitative estimate of drug-likeness (QED) is 0.673. The van der Waals surface area contributed by atoms with E-state index in [4.69, 9.17) is 0 Å². The third-order valence-corrected chi connectivity index (χ3v) is 5.42. The van der Waals surface area contributed by atoms with Crippen LogP contribution in [-0.2, 0) is 13.0 Å². The molecule has 6 heteroatoms. The second-order valence-corrected chi connectivity index (χ2v) is 7.52. The van der Waals surface area contributed by atoms with Crippen LogP contribution in [0.5, 0.6) is 0 Å². The fourth-order valence-electron chi connectivity index (χ4n) is 4.05. The molecule has 0 spiro atoms. The summed E-state index contributed by atoms with van der Waals surface area (Å²) < 4.78 is 1.99. The zero-order chi connectivity index (χ0) is 20.8. The van der Waals surface area contributed by atoms with E-state index in [-0.39, 0.29) is 11.8 Å². The molecule has 0 unspecified atom stereocenters. The normalized spacial score (nSPS) is 13.1. The molecule has 0 radical (unpaired) electrons. The van der Waals surface area contributed by atoms with E-state index < -0.39 is 0 Å². The number of amides is 2. The van der Waals surface area contributed by atoms with Gasteiger partial charge in [-0.15, -0.1) is 0 Å². The first kappa shape index (κ1) is 21.1. The van der Waals surface area contributed by atoms with E-state index in [2.05, 4.69) is 18.8 Å². The summed E-state index contributed by atoms with van der Waals surface area (Å²) in [6, 6.07) is 9.64. The van der Waals surface area contributed by atoms with Crippen LogP contribution in [0.3, 0.4) is 0 Å². The number of carbonyl (C=O) groups excluding carboxylic acids is 2. The average Bonchev–Trinajstić information content (AvgIpc) is 3.14. The third kappa shape index (κ3) is 4.36. The fraction of sp³-hybridized carbons (Fsp3) is 0.522. The molecular formula is C23H32N4O2. The first-order valence-electron chi connectivity index (χ1n) is 10.9. The maximum Gasteiger partial charge on any atom is 0.294 e. The lowest BCUT2D eigenvalue weighted by atomic mass is 10.1.